The van der Waals surface area contributed by atoms with Crippen LogP contribution in [0, 0.1) is 0 Å². The summed E-state index contributed by atoms with van der Waals surface area (Å²) in [7, 11) is 1.55. The van der Waals surface area contributed by atoms with Crippen LogP contribution in [0.2, 0.25) is 0 Å². The van der Waals surface area contributed by atoms with Crippen molar-refractivity contribution < 1.29 is 19.1 Å². The van der Waals surface area contributed by atoms with Crippen LogP contribution in [0.5, 0.6) is 5.75 Å². The highest BCUT2D eigenvalue weighted by Crippen LogP contribution is 2.14. The Morgan fingerprint density at radius 1 is 0.781 bits per heavy atom. The van der Waals surface area contributed by atoms with Crippen LogP contribution in [0.4, 0.5) is 0 Å². The van der Waals surface area contributed by atoms with Gasteiger partial charge in [-0.05, 0) is 42.0 Å². The number of ketones is 1. The normalized spacial score (nSPS) is 11.3. The molecule has 7 heteroatoms. The van der Waals surface area contributed by atoms with Crippen molar-refractivity contribution in [2.75, 3.05) is 7.11 Å². The lowest BCUT2D eigenvalue weighted by atomic mass is 10.0. The summed E-state index contributed by atoms with van der Waals surface area (Å²) >= 11 is 0. The summed E-state index contributed by atoms with van der Waals surface area (Å²) in [6.45, 7) is 0.390. The average molecular weight is 431 g/mol. The van der Waals surface area contributed by atoms with E-state index >= 15 is 0 Å². The van der Waals surface area contributed by atoms with Gasteiger partial charge in [-0.25, -0.2) is 0 Å². The number of hydrogen-bond acceptors (Lipinski definition) is 5. The molecule has 3 aromatic rings. The molecule has 0 fully saturated rings. The summed E-state index contributed by atoms with van der Waals surface area (Å²) in [6, 6.07) is 23.9. The molecule has 1 atom stereocenters. The van der Waals surface area contributed by atoms with Gasteiger partial charge in [-0.1, -0.05) is 48.5 Å². The molecule has 32 heavy (non-hydrogen) atoms. The van der Waals surface area contributed by atoms with Gasteiger partial charge in [-0.15, -0.1) is 0 Å². The molecule has 3 N–H and O–H groups in total. The molecule has 0 aliphatic heterocycles. The topological polar surface area (TPSA) is 96.5 Å². The molecule has 2 amide bonds. The molecular weight excluding hydrogens is 406 g/mol. The zero-order valence-electron chi connectivity index (χ0n) is 17.7. The molecule has 0 bridgehead atoms. The van der Waals surface area contributed by atoms with E-state index in [0.717, 1.165) is 5.56 Å². The lowest BCUT2D eigenvalue weighted by molar-refractivity contribution is -0.124. The fourth-order valence-corrected chi connectivity index (χ4v) is 3.04. The third-order valence-electron chi connectivity index (χ3n) is 4.85. The lowest BCUT2D eigenvalue weighted by Crippen LogP contribution is -2.51. The molecule has 0 aromatic heterocycles. The van der Waals surface area contributed by atoms with Crippen LogP contribution in [0.1, 0.15) is 32.7 Å². The first-order chi connectivity index (χ1) is 15.6. The highest BCUT2D eigenvalue weighted by atomic mass is 16.5. The van der Waals surface area contributed by atoms with Crippen molar-refractivity contribution >= 4 is 17.6 Å². The number of rotatable bonds is 9. The van der Waals surface area contributed by atoms with Crippen molar-refractivity contribution in [2.24, 2.45) is 0 Å². The van der Waals surface area contributed by atoms with Crippen molar-refractivity contribution in [3.8, 4) is 5.75 Å². The van der Waals surface area contributed by atoms with Gasteiger partial charge < -0.3 is 10.1 Å². The molecule has 7 nitrogen and oxygen atoms in total. The Morgan fingerprint density at radius 2 is 1.41 bits per heavy atom. The minimum absolute atomic E-state index is 0.0772. The standard InChI is InChI=1S/C25H25N3O4/c1-32-21-14-12-19(13-15-21)23(29)16-22(26-17-18-8-4-2-5-9-18)25(31)28-27-24(30)20-10-6-3-7-11-20/h2-15,22,26H,16-17H2,1H3,(H,27,30)(H,28,31). The molecule has 0 spiro atoms. The van der Waals surface area contributed by atoms with Gasteiger partial charge >= 0.3 is 0 Å². The van der Waals surface area contributed by atoms with Gasteiger partial charge in [0.2, 0.25) is 0 Å². The third kappa shape index (κ3) is 6.52. The lowest BCUT2D eigenvalue weighted by Gasteiger charge is -2.18. The Morgan fingerprint density at radius 3 is 2.03 bits per heavy atom. The van der Waals surface area contributed by atoms with E-state index in [1.165, 1.54) is 0 Å². The molecule has 0 aliphatic carbocycles. The Bertz CT molecular complexity index is 1040. The van der Waals surface area contributed by atoms with Crippen LogP contribution in [0.15, 0.2) is 84.9 Å². The quantitative estimate of drug-likeness (QED) is 0.358. The Balaban J connectivity index is 1.66. The van der Waals surface area contributed by atoms with Crippen LogP contribution in [0.25, 0.3) is 0 Å². The van der Waals surface area contributed by atoms with Crippen LogP contribution in [-0.4, -0.2) is 30.7 Å². The molecule has 0 saturated heterocycles. The average Bonchev–Trinajstić information content (AvgIpc) is 2.85. The van der Waals surface area contributed by atoms with Gasteiger partial charge in [0.25, 0.3) is 11.8 Å². The van der Waals surface area contributed by atoms with E-state index in [9.17, 15) is 14.4 Å². The van der Waals surface area contributed by atoms with E-state index < -0.39 is 17.9 Å². The van der Waals surface area contributed by atoms with E-state index in [1.807, 2.05) is 30.3 Å². The fourth-order valence-electron chi connectivity index (χ4n) is 3.04. The van der Waals surface area contributed by atoms with Crippen molar-refractivity contribution in [3.05, 3.63) is 102 Å². The van der Waals surface area contributed by atoms with Crippen LogP contribution >= 0.6 is 0 Å². The summed E-state index contributed by atoms with van der Waals surface area (Å²) in [4.78, 5) is 37.8. The Kier molecular flexibility index (Phi) is 8.11. The highest BCUT2D eigenvalue weighted by molar-refractivity contribution is 6.00. The minimum Gasteiger partial charge on any atom is -0.497 e. The van der Waals surface area contributed by atoms with Crippen LogP contribution < -0.4 is 20.9 Å². The van der Waals surface area contributed by atoms with Gasteiger partial charge in [0, 0.05) is 24.1 Å². The number of benzene rings is 3. The summed E-state index contributed by atoms with van der Waals surface area (Å²) in [5.74, 6) is -0.515. The molecule has 3 rings (SSSR count). The van der Waals surface area contributed by atoms with Crippen LogP contribution in [0.3, 0.4) is 0 Å². The maximum absolute atomic E-state index is 12.8. The van der Waals surface area contributed by atoms with Gasteiger partial charge in [0.05, 0.1) is 13.2 Å². The van der Waals surface area contributed by atoms with Gasteiger partial charge in [0.15, 0.2) is 5.78 Å². The molecule has 164 valence electrons. The first kappa shape index (κ1) is 22.7. The van der Waals surface area contributed by atoms with Crippen molar-refractivity contribution in [2.45, 2.75) is 19.0 Å². The maximum Gasteiger partial charge on any atom is 0.269 e. The number of carbonyl (C=O) groups is 3. The maximum atomic E-state index is 12.8. The van der Waals surface area contributed by atoms with Crippen molar-refractivity contribution in [1.29, 1.82) is 0 Å². The molecule has 3 aromatic carbocycles. The van der Waals surface area contributed by atoms with Crippen molar-refractivity contribution in [3.63, 3.8) is 0 Å². The number of hydrazine groups is 1. The fraction of sp³-hybridized carbons (Fsp3) is 0.160. The smallest absolute Gasteiger partial charge is 0.269 e. The summed E-state index contributed by atoms with van der Waals surface area (Å²) in [6.07, 6.45) is -0.0772. The number of carbonyl (C=O) groups excluding carboxylic acids is 3. The summed E-state index contributed by atoms with van der Waals surface area (Å²) in [5.41, 5.74) is 6.67. The number of hydrogen-bond donors (Lipinski definition) is 3. The SMILES string of the molecule is COc1ccc(C(=O)CC(NCc2ccccc2)C(=O)NNC(=O)c2ccccc2)cc1. The van der Waals surface area contributed by atoms with Gasteiger partial charge in [-0.3, -0.25) is 25.2 Å². The molecule has 1 unspecified atom stereocenters. The second-order valence-electron chi connectivity index (χ2n) is 7.08. The second kappa shape index (κ2) is 11.4. The number of nitrogens with one attached hydrogen (secondary N) is 3. The van der Waals surface area contributed by atoms with Crippen molar-refractivity contribution in [1.82, 2.24) is 16.2 Å². The predicted octanol–water partition coefficient (Wildman–Crippen LogP) is 2.89. The number of Topliss-reactive ketones (excluding diaryl/α,β-unsaturated/α-hetero) is 1. The third-order valence-corrected chi connectivity index (χ3v) is 4.85. The van der Waals surface area contributed by atoms with Gasteiger partial charge in [0.1, 0.15) is 5.75 Å². The summed E-state index contributed by atoms with van der Waals surface area (Å²) < 4.78 is 5.12. The minimum atomic E-state index is -0.846. The largest absolute Gasteiger partial charge is 0.497 e. The first-order valence-corrected chi connectivity index (χ1v) is 10.2. The Hall–Kier alpha value is -3.97. The van der Waals surface area contributed by atoms with Gasteiger partial charge in [-0.2, -0.15) is 0 Å². The van der Waals surface area contributed by atoms with Crippen LogP contribution in [-0.2, 0) is 11.3 Å². The molecule has 0 heterocycles. The number of amides is 2. The number of ether oxygens (including phenoxy) is 1. The predicted molar refractivity (Wildman–Crippen MR) is 121 cm³/mol. The first-order valence-electron chi connectivity index (χ1n) is 10.2. The van der Waals surface area contributed by atoms with E-state index in [4.69, 9.17) is 4.74 Å². The van der Waals surface area contributed by atoms with E-state index in [1.54, 1.807) is 61.7 Å². The Labute approximate surface area is 186 Å². The highest BCUT2D eigenvalue weighted by Gasteiger charge is 2.23. The molecule has 0 aliphatic rings. The summed E-state index contributed by atoms with van der Waals surface area (Å²) in [5, 5.41) is 3.11. The molecule has 0 saturated carbocycles. The zero-order valence-corrected chi connectivity index (χ0v) is 17.7. The number of methoxy groups -OCH3 is 1. The second-order valence-corrected chi connectivity index (χ2v) is 7.08. The molecular formula is C25H25N3O4. The molecule has 0 radical (unpaired) electrons. The zero-order chi connectivity index (χ0) is 22.8. The van der Waals surface area contributed by atoms with E-state index in [0.29, 0.717) is 23.4 Å². The van der Waals surface area contributed by atoms with E-state index in [-0.39, 0.29) is 12.2 Å². The monoisotopic (exact) mass is 431 g/mol. The van der Waals surface area contributed by atoms with E-state index in [2.05, 4.69) is 16.2 Å².